The summed E-state index contributed by atoms with van der Waals surface area (Å²) in [5, 5.41) is 10.7. The van der Waals surface area contributed by atoms with E-state index in [2.05, 4.69) is 42.2 Å². The van der Waals surface area contributed by atoms with Gasteiger partial charge in [-0.3, -0.25) is 4.79 Å². The monoisotopic (exact) mass is 642 g/mol. The molecule has 12 heteroatoms. The number of amides is 1. The van der Waals surface area contributed by atoms with Gasteiger partial charge in [-0.1, -0.05) is 0 Å². The fourth-order valence-corrected chi connectivity index (χ4v) is 8.42. The zero-order chi connectivity index (χ0) is 32.5. The molecular weight excluding hydrogens is 604 g/mol. The molecule has 0 radical (unpaired) electrons. The summed E-state index contributed by atoms with van der Waals surface area (Å²) in [6.45, 7) is 3.78. The standard InChI is InChI=1S/C36H38N10O2/c1-48-30-15-25(36(47)45-20-24-6-7-28(45)31(24)38)13-26-32(30)46(19-22-8-12-43(17-22)34-27(16-37)39-10-11-41-34)35(42-26)29-14-23-3-2-9-40-33(23)44(29)18-21-4-5-21/h2-3,9-11,13-15,21-22,24,28,31H,4-8,12,17-20,38H2,1H3/t22-,24?,28?,31+/m0/s1. The van der Waals surface area contributed by atoms with Crippen molar-refractivity contribution in [2.45, 2.75) is 57.3 Å². The smallest absolute Gasteiger partial charge is 0.254 e. The number of carbonyl (C=O) groups excluding carboxylic acids is 1. The molecule has 2 saturated carbocycles. The zero-order valence-corrected chi connectivity index (χ0v) is 27.0. The van der Waals surface area contributed by atoms with Crippen molar-refractivity contribution < 1.29 is 9.53 Å². The molecule has 6 heterocycles. The molecule has 0 spiro atoms. The molecule has 2 unspecified atom stereocenters. The van der Waals surface area contributed by atoms with E-state index in [1.807, 2.05) is 29.3 Å². The van der Waals surface area contributed by atoms with Crippen LogP contribution < -0.4 is 15.4 Å². The number of piperidine rings is 1. The number of likely N-dealkylation sites (tertiary alicyclic amines) is 1. The van der Waals surface area contributed by atoms with Gasteiger partial charge in [0.15, 0.2) is 17.3 Å². The van der Waals surface area contributed by atoms with E-state index in [1.54, 1.807) is 19.5 Å². The quantitative estimate of drug-likeness (QED) is 0.263. The number of nitrogens with zero attached hydrogens (tertiary/aromatic N) is 9. The summed E-state index contributed by atoms with van der Waals surface area (Å²) in [6.07, 6.45) is 10.4. The summed E-state index contributed by atoms with van der Waals surface area (Å²) in [6, 6.07) is 12.4. The van der Waals surface area contributed by atoms with Crippen molar-refractivity contribution in [3.05, 3.63) is 60.2 Å². The number of anilines is 1. The Kier molecular flexibility index (Phi) is 6.86. The molecule has 4 atom stereocenters. The second-order valence-electron chi connectivity index (χ2n) is 14.0. The summed E-state index contributed by atoms with van der Waals surface area (Å²) < 4.78 is 10.7. The Bertz CT molecular complexity index is 2110. The van der Waals surface area contributed by atoms with Crippen LogP contribution in [0.1, 0.15) is 48.2 Å². The van der Waals surface area contributed by atoms with Crippen LogP contribution in [0, 0.1) is 29.1 Å². The van der Waals surface area contributed by atoms with Gasteiger partial charge < -0.3 is 29.4 Å². The molecule has 1 aromatic carbocycles. The van der Waals surface area contributed by atoms with Gasteiger partial charge in [0.2, 0.25) is 0 Å². The number of methoxy groups -OCH3 is 1. The summed E-state index contributed by atoms with van der Waals surface area (Å²) in [5.74, 6) is 3.34. The van der Waals surface area contributed by atoms with Crippen LogP contribution in [0.5, 0.6) is 5.75 Å². The number of rotatable bonds is 8. The number of pyridine rings is 1. The molecule has 4 aliphatic rings. The predicted octanol–water partition coefficient (Wildman–Crippen LogP) is 4.22. The van der Waals surface area contributed by atoms with Gasteiger partial charge in [-0.15, -0.1) is 0 Å². The molecule has 2 saturated heterocycles. The van der Waals surface area contributed by atoms with E-state index < -0.39 is 0 Å². The molecule has 244 valence electrons. The first-order valence-corrected chi connectivity index (χ1v) is 17.1. The van der Waals surface area contributed by atoms with Crippen molar-refractivity contribution in [3.8, 4) is 23.3 Å². The Morgan fingerprint density at radius 1 is 1.00 bits per heavy atom. The van der Waals surface area contributed by atoms with E-state index in [1.165, 1.54) is 12.8 Å². The van der Waals surface area contributed by atoms with E-state index in [0.717, 1.165) is 72.5 Å². The number of benzene rings is 1. The molecule has 2 aliphatic heterocycles. The molecule has 2 N–H and O–H groups in total. The van der Waals surface area contributed by atoms with Crippen molar-refractivity contribution in [1.82, 2.24) is 34.0 Å². The van der Waals surface area contributed by atoms with Crippen LogP contribution in [0.3, 0.4) is 0 Å². The van der Waals surface area contributed by atoms with Crippen molar-refractivity contribution >= 4 is 33.8 Å². The van der Waals surface area contributed by atoms with Gasteiger partial charge >= 0.3 is 0 Å². The highest BCUT2D eigenvalue weighted by atomic mass is 16.5. The third kappa shape index (κ3) is 4.71. The van der Waals surface area contributed by atoms with E-state index in [9.17, 15) is 10.1 Å². The number of aromatic nitrogens is 6. The molecule has 12 nitrogen and oxygen atoms in total. The van der Waals surface area contributed by atoms with Gasteiger partial charge in [0, 0.05) is 74.3 Å². The number of hydrogen-bond donors (Lipinski definition) is 1. The van der Waals surface area contributed by atoms with Crippen LogP contribution in [0.25, 0.3) is 33.6 Å². The maximum atomic E-state index is 14.0. The van der Waals surface area contributed by atoms with Crippen LogP contribution in [0.4, 0.5) is 5.82 Å². The third-order valence-electron chi connectivity index (χ3n) is 11.0. The molecule has 2 aliphatic carbocycles. The lowest BCUT2D eigenvalue weighted by Crippen LogP contribution is -2.41. The van der Waals surface area contributed by atoms with Gasteiger partial charge in [0.05, 0.1) is 18.3 Å². The fraction of sp³-hybridized carbons (Fsp3) is 0.444. The summed E-state index contributed by atoms with van der Waals surface area (Å²) >= 11 is 0. The average molecular weight is 643 g/mol. The Labute approximate surface area is 278 Å². The number of ether oxygens (including phenoxy) is 1. The van der Waals surface area contributed by atoms with E-state index >= 15 is 0 Å². The largest absolute Gasteiger partial charge is 0.494 e. The molecule has 9 rings (SSSR count). The Morgan fingerprint density at radius 2 is 1.85 bits per heavy atom. The van der Waals surface area contributed by atoms with Gasteiger partial charge in [-0.25, -0.2) is 19.9 Å². The highest BCUT2D eigenvalue weighted by Gasteiger charge is 2.47. The topological polar surface area (TPSA) is 144 Å². The molecule has 2 bridgehead atoms. The van der Waals surface area contributed by atoms with E-state index in [4.69, 9.17) is 20.4 Å². The number of imidazole rings is 1. The average Bonchev–Trinajstić information content (AvgIpc) is 3.42. The number of fused-ring (bicyclic) bond motifs is 4. The first-order chi connectivity index (χ1) is 23.5. The maximum absolute atomic E-state index is 14.0. The minimum Gasteiger partial charge on any atom is -0.494 e. The highest BCUT2D eigenvalue weighted by Crippen LogP contribution is 2.41. The fourth-order valence-electron chi connectivity index (χ4n) is 8.42. The second kappa shape index (κ2) is 11.3. The molecule has 5 aromatic rings. The maximum Gasteiger partial charge on any atom is 0.254 e. The van der Waals surface area contributed by atoms with Gasteiger partial charge in [0.25, 0.3) is 5.91 Å². The second-order valence-corrected chi connectivity index (χ2v) is 14.0. The van der Waals surface area contributed by atoms with Gasteiger partial charge in [-0.2, -0.15) is 5.26 Å². The summed E-state index contributed by atoms with van der Waals surface area (Å²) in [5.41, 5.74) is 11.0. The Balaban J connectivity index is 1.16. The summed E-state index contributed by atoms with van der Waals surface area (Å²) in [4.78, 5) is 37.0. The highest BCUT2D eigenvalue weighted by molar-refractivity contribution is 6.00. The minimum atomic E-state index is -0.00954. The number of hydrogen-bond acceptors (Lipinski definition) is 9. The van der Waals surface area contributed by atoms with Crippen LogP contribution in [-0.2, 0) is 13.1 Å². The SMILES string of the molecule is COc1cc(C(=O)N2CC3CCC2[C@@H]3N)cc2nc(-c3cc4cccnc4n3CC3CC3)n(C[C@H]3CCN(c4nccnc4C#N)C3)c12. The lowest BCUT2D eigenvalue weighted by Gasteiger charge is -2.27. The molecular formula is C36H38N10O2. The summed E-state index contributed by atoms with van der Waals surface area (Å²) in [7, 11) is 1.66. The zero-order valence-electron chi connectivity index (χ0n) is 27.0. The van der Waals surface area contributed by atoms with E-state index in [-0.39, 0.29) is 23.9 Å². The molecule has 1 amide bonds. The normalized spacial score (nSPS) is 23.4. The Morgan fingerprint density at radius 3 is 2.62 bits per heavy atom. The Hall–Kier alpha value is -5.02. The van der Waals surface area contributed by atoms with Crippen molar-refractivity contribution in [2.75, 3.05) is 31.6 Å². The number of nitriles is 1. The lowest BCUT2D eigenvalue weighted by molar-refractivity contribution is 0.0700. The van der Waals surface area contributed by atoms with Crippen molar-refractivity contribution in [1.29, 1.82) is 5.26 Å². The van der Waals surface area contributed by atoms with Gasteiger partial charge in [0.1, 0.15) is 23.0 Å². The van der Waals surface area contributed by atoms with Crippen LogP contribution in [-0.4, -0.2) is 78.7 Å². The van der Waals surface area contributed by atoms with Crippen LogP contribution in [0.2, 0.25) is 0 Å². The van der Waals surface area contributed by atoms with Crippen LogP contribution in [0.15, 0.2) is 48.9 Å². The third-order valence-corrected chi connectivity index (χ3v) is 11.0. The molecule has 4 fully saturated rings. The first kappa shape index (κ1) is 29.1. The number of carbonyl (C=O) groups is 1. The number of nitrogens with two attached hydrogens (primary N) is 1. The lowest BCUT2D eigenvalue weighted by atomic mass is 10.1. The van der Waals surface area contributed by atoms with E-state index in [0.29, 0.717) is 47.8 Å². The predicted molar refractivity (Wildman–Crippen MR) is 180 cm³/mol. The molecule has 4 aromatic heterocycles. The van der Waals surface area contributed by atoms with Crippen molar-refractivity contribution in [3.63, 3.8) is 0 Å². The minimum absolute atomic E-state index is 0.00954. The van der Waals surface area contributed by atoms with Gasteiger partial charge in [-0.05, 0) is 80.2 Å². The first-order valence-electron chi connectivity index (χ1n) is 17.1. The van der Waals surface area contributed by atoms with Crippen LogP contribution >= 0.6 is 0 Å². The molecule has 48 heavy (non-hydrogen) atoms. The van der Waals surface area contributed by atoms with Crippen molar-refractivity contribution in [2.24, 2.45) is 23.5 Å².